The number of aromatic nitrogens is 1. The summed E-state index contributed by atoms with van der Waals surface area (Å²) in [4.78, 5) is 29.5. The van der Waals surface area contributed by atoms with Crippen molar-refractivity contribution in [2.45, 2.75) is 45.3 Å². The summed E-state index contributed by atoms with van der Waals surface area (Å²) in [6.07, 6.45) is 1.52. The highest BCUT2D eigenvalue weighted by molar-refractivity contribution is 5.89. The number of nitrogens with two attached hydrogens (primary N) is 1. The lowest BCUT2D eigenvalue weighted by Gasteiger charge is -2.18. The van der Waals surface area contributed by atoms with E-state index in [9.17, 15) is 9.59 Å². The van der Waals surface area contributed by atoms with Gasteiger partial charge in [0.2, 0.25) is 11.8 Å². The van der Waals surface area contributed by atoms with E-state index in [1.165, 1.54) is 5.39 Å². The summed E-state index contributed by atoms with van der Waals surface area (Å²) in [7, 11) is 1.69. The molecule has 0 radical (unpaired) electrons. The number of nitrogens with zero attached hydrogens (tertiary/aromatic N) is 1. The van der Waals surface area contributed by atoms with Crippen LogP contribution in [0.4, 0.5) is 5.82 Å². The number of rotatable bonds is 8. The van der Waals surface area contributed by atoms with Crippen molar-refractivity contribution in [3.05, 3.63) is 65.4 Å². The maximum absolute atomic E-state index is 12.8. The highest BCUT2D eigenvalue weighted by Crippen LogP contribution is 2.30. The SMILES string of the molecule is COc1cc2ccccc2cc1C[C@@H]1CN[C@@H](C(=O)N[C@@H](C)C(=O)NCc2ccc(N)nc2C)C1.Cl.Cl. The third-order valence-corrected chi connectivity index (χ3v) is 6.62. The number of benzene rings is 2. The molecule has 10 heteroatoms. The van der Waals surface area contributed by atoms with Gasteiger partial charge in [0.05, 0.1) is 13.2 Å². The molecule has 1 aromatic heterocycles. The van der Waals surface area contributed by atoms with Crippen molar-refractivity contribution < 1.29 is 14.3 Å². The zero-order valence-corrected chi connectivity index (χ0v) is 22.9. The summed E-state index contributed by atoms with van der Waals surface area (Å²) < 4.78 is 5.63. The van der Waals surface area contributed by atoms with Crippen molar-refractivity contribution in [3.8, 4) is 5.75 Å². The first kappa shape index (κ1) is 30.2. The van der Waals surface area contributed by atoms with Crippen LogP contribution in [0, 0.1) is 12.8 Å². The Hall–Kier alpha value is -3.07. The average Bonchev–Trinajstić information content (AvgIpc) is 3.31. The molecule has 0 aliphatic carbocycles. The first-order valence-electron chi connectivity index (χ1n) is 11.9. The van der Waals surface area contributed by atoms with E-state index < -0.39 is 6.04 Å². The van der Waals surface area contributed by atoms with E-state index in [0.717, 1.165) is 40.9 Å². The molecule has 1 aliphatic rings. The van der Waals surface area contributed by atoms with E-state index in [4.69, 9.17) is 10.5 Å². The van der Waals surface area contributed by atoms with Gasteiger partial charge < -0.3 is 26.4 Å². The Morgan fingerprint density at radius 3 is 2.51 bits per heavy atom. The van der Waals surface area contributed by atoms with E-state index in [2.05, 4.69) is 45.2 Å². The molecule has 37 heavy (non-hydrogen) atoms. The molecule has 0 bridgehead atoms. The molecule has 1 saturated heterocycles. The summed E-state index contributed by atoms with van der Waals surface area (Å²) >= 11 is 0. The van der Waals surface area contributed by atoms with Crippen LogP contribution in [0.5, 0.6) is 5.75 Å². The summed E-state index contributed by atoms with van der Waals surface area (Å²) in [5.41, 5.74) is 8.47. The normalized spacial score (nSPS) is 17.3. The van der Waals surface area contributed by atoms with E-state index in [1.807, 2.05) is 25.1 Å². The first-order chi connectivity index (χ1) is 16.8. The molecule has 1 aliphatic heterocycles. The Bertz CT molecular complexity index is 1240. The fourth-order valence-electron chi connectivity index (χ4n) is 4.60. The van der Waals surface area contributed by atoms with Gasteiger partial charge in [-0.05, 0) is 79.3 Å². The third-order valence-electron chi connectivity index (χ3n) is 6.62. The minimum Gasteiger partial charge on any atom is -0.496 e. The lowest BCUT2D eigenvalue weighted by atomic mass is 9.94. The second kappa shape index (κ2) is 13.5. The molecule has 1 fully saturated rings. The van der Waals surface area contributed by atoms with Gasteiger partial charge in [0.25, 0.3) is 0 Å². The van der Waals surface area contributed by atoms with E-state index in [-0.39, 0.29) is 42.7 Å². The Kier molecular flexibility index (Phi) is 11.0. The van der Waals surface area contributed by atoms with Crippen molar-refractivity contribution in [2.24, 2.45) is 5.92 Å². The average molecular weight is 549 g/mol. The fraction of sp³-hybridized carbons (Fsp3) is 0.370. The van der Waals surface area contributed by atoms with Gasteiger partial charge in [-0.15, -0.1) is 24.8 Å². The molecule has 0 unspecified atom stereocenters. The predicted molar refractivity (Wildman–Crippen MR) is 151 cm³/mol. The number of fused-ring (bicyclic) bond motifs is 1. The minimum absolute atomic E-state index is 0. The number of methoxy groups -OCH3 is 1. The highest BCUT2D eigenvalue weighted by Gasteiger charge is 2.31. The Balaban J connectivity index is 0.00000241. The summed E-state index contributed by atoms with van der Waals surface area (Å²) in [5, 5.41) is 11.3. The van der Waals surface area contributed by atoms with Crippen LogP contribution in [0.1, 0.15) is 30.2 Å². The summed E-state index contributed by atoms with van der Waals surface area (Å²) in [5.74, 6) is 1.20. The molecule has 4 rings (SSSR count). The van der Waals surface area contributed by atoms with Gasteiger partial charge in [0.15, 0.2) is 0 Å². The molecular formula is C27H35Cl2N5O3. The van der Waals surface area contributed by atoms with Gasteiger partial charge in [-0.1, -0.05) is 30.3 Å². The number of halogens is 2. The number of anilines is 1. The maximum atomic E-state index is 12.8. The molecule has 0 spiro atoms. The number of pyridine rings is 1. The van der Waals surface area contributed by atoms with Crippen molar-refractivity contribution >= 4 is 53.2 Å². The molecule has 8 nitrogen and oxygen atoms in total. The van der Waals surface area contributed by atoms with Crippen LogP contribution < -0.4 is 26.4 Å². The smallest absolute Gasteiger partial charge is 0.242 e. The molecule has 5 N–H and O–H groups in total. The van der Waals surface area contributed by atoms with Gasteiger partial charge in [-0.2, -0.15) is 0 Å². The second-order valence-corrected chi connectivity index (χ2v) is 9.21. The maximum Gasteiger partial charge on any atom is 0.242 e. The van der Waals surface area contributed by atoms with Gasteiger partial charge in [0.1, 0.15) is 17.6 Å². The number of carbonyl (C=O) groups excluding carboxylic acids is 2. The standard InChI is InChI=1S/C27H33N5O3.2ClH/c1-16-21(8-9-25(28)31-16)15-30-26(33)17(2)32-27(34)23-11-18(14-29-23)10-22-12-19-6-4-5-7-20(19)13-24(22)35-3;;/h4-9,12-13,17-18,23,29H,10-11,14-15H2,1-3H3,(H2,28,31)(H,30,33)(H,32,34);2*1H/t17-,18-,23+;;/m0../s1. The lowest BCUT2D eigenvalue weighted by Crippen LogP contribution is -2.50. The number of hydrogen-bond donors (Lipinski definition) is 4. The van der Waals surface area contributed by atoms with Crippen molar-refractivity contribution in [1.29, 1.82) is 0 Å². The molecule has 200 valence electrons. The van der Waals surface area contributed by atoms with Crippen LogP contribution in [0.3, 0.4) is 0 Å². The number of aryl methyl sites for hydroxylation is 1. The van der Waals surface area contributed by atoms with Crippen LogP contribution in [-0.2, 0) is 22.6 Å². The van der Waals surface area contributed by atoms with Crippen molar-refractivity contribution in [2.75, 3.05) is 19.4 Å². The number of amides is 2. The van der Waals surface area contributed by atoms with Crippen LogP contribution >= 0.6 is 24.8 Å². The van der Waals surface area contributed by atoms with E-state index in [1.54, 1.807) is 20.1 Å². The van der Waals surface area contributed by atoms with Gasteiger partial charge >= 0.3 is 0 Å². The van der Waals surface area contributed by atoms with Gasteiger partial charge in [0, 0.05) is 12.2 Å². The van der Waals surface area contributed by atoms with Crippen LogP contribution in [0.2, 0.25) is 0 Å². The molecule has 2 amide bonds. The summed E-state index contributed by atoms with van der Waals surface area (Å²) in [6, 6.07) is 15.0. The Morgan fingerprint density at radius 1 is 1.14 bits per heavy atom. The number of nitrogens with one attached hydrogen (secondary N) is 3. The third kappa shape index (κ3) is 7.47. The number of ether oxygens (including phenoxy) is 1. The molecule has 2 aromatic carbocycles. The zero-order valence-electron chi connectivity index (χ0n) is 21.2. The van der Waals surface area contributed by atoms with E-state index >= 15 is 0 Å². The Morgan fingerprint density at radius 2 is 1.84 bits per heavy atom. The quantitative estimate of drug-likeness (QED) is 0.343. The Labute approximate surface area is 229 Å². The lowest BCUT2D eigenvalue weighted by molar-refractivity contribution is -0.129. The van der Waals surface area contributed by atoms with Gasteiger partial charge in [-0.25, -0.2) is 4.98 Å². The minimum atomic E-state index is -0.647. The number of hydrogen-bond acceptors (Lipinski definition) is 6. The zero-order chi connectivity index (χ0) is 24.9. The van der Waals surface area contributed by atoms with Crippen molar-refractivity contribution in [1.82, 2.24) is 20.9 Å². The predicted octanol–water partition coefficient (Wildman–Crippen LogP) is 3.32. The van der Waals surface area contributed by atoms with Crippen LogP contribution in [0.25, 0.3) is 10.8 Å². The summed E-state index contributed by atoms with van der Waals surface area (Å²) in [6.45, 7) is 4.60. The second-order valence-electron chi connectivity index (χ2n) is 9.21. The molecule has 3 aromatic rings. The number of carbonyl (C=O) groups is 2. The first-order valence-corrected chi connectivity index (χ1v) is 11.9. The van der Waals surface area contributed by atoms with Crippen LogP contribution in [-0.4, -0.2) is 42.5 Å². The van der Waals surface area contributed by atoms with Crippen molar-refractivity contribution in [3.63, 3.8) is 0 Å². The molecular weight excluding hydrogens is 513 g/mol. The monoisotopic (exact) mass is 547 g/mol. The molecule has 0 saturated carbocycles. The fourth-order valence-corrected chi connectivity index (χ4v) is 4.60. The topological polar surface area (TPSA) is 118 Å². The molecule has 2 heterocycles. The molecule has 3 atom stereocenters. The van der Waals surface area contributed by atoms with Gasteiger partial charge in [-0.3, -0.25) is 9.59 Å². The van der Waals surface area contributed by atoms with Crippen LogP contribution in [0.15, 0.2) is 48.5 Å². The largest absolute Gasteiger partial charge is 0.496 e. The highest BCUT2D eigenvalue weighted by atomic mass is 35.5. The number of nitrogen functional groups attached to an aromatic ring is 1. The van der Waals surface area contributed by atoms with E-state index in [0.29, 0.717) is 24.7 Å².